The maximum Gasteiger partial charge on any atom is 0.490 e. The second-order valence-electron chi connectivity index (χ2n) is 8.01. The van der Waals surface area contributed by atoms with E-state index >= 15 is 0 Å². The molecule has 0 fully saturated rings. The van der Waals surface area contributed by atoms with Gasteiger partial charge in [0.15, 0.2) is 0 Å². The molecular formula is C26H23F3N4O3. The van der Waals surface area contributed by atoms with Gasteiger partial charge in [-0.2, -0.15) is 13.2 Å². The third-order valence-corrected chi connectivity index (χ3v) is 5.69. The highest BCUT2D eigenvalue weighted by Gasteiger charge is 2.38. The molecule has 36 heavy (non-hydrogen) atoms. The number of H-pyrrole nitrogens is 1. The molecule has 5 aromatic rings. The van der Waals surface area contributed by atoms with Gasteiger partial charge in [0.05, 0.1) is 11.4 Å². The molecular weight excluding hydrogens is 473 g/mol. The lowest BCUT2D eigenvalue weighted by atomic mass is 10.1. The second-order valence-corrected chi connectivity index (χ2v) is 8.01. The van der Waals surface area contributed by atoms with Gasteiger partial charge < -0.3 is 20.4 Å². The first-order valence-electron chi connectivity index (χ1n) is 11.1. The number of aromatic nitrogens is 3. The SMILES string of the molecule is NCCCn1cc(-c2c[nH]c(=O)n2-c2cccc3ccccc23)c2ccccc21.O=C(O)C(F)(F)F. The molecule has 186 valence electrons. The van der Waals surface area contributed by atoms with E-state index in [1.54, 1.807) is 10.8 Å². The summed E-state index contributed by atoms with van der Waals surface area (Å²) in [6, 6.07) is 22.5. The van der Waals surface area contributed by atoms with Crippen LogP contribution in [0.25, 0.3) is 38.6 Å². The van der Waals surface area contributed by atoms with Crippen LogP contribution in [-0.2, 0) is 11.3 Å². The number of aliphatic carboxylic acids is 1. The quantitative estimate of drug-likeness (QED) is 0.321. The lowest BCUT2D eigenvalue weighted by Gasteiger charge is -2.10. The highest BCUT2D eigenvalue weighted by molar-refractivity contribution is 5.97. The molecule has 2 aromatic heterocycles. The molecule has 0 unspecified atom stereocenters. The number of hydrogen-bond acceptors (Lipinski definition) is 3. The topological polar surface area (TPSA) is 106 Å². The van der Waals surface area contributed by atoms with Gasteiger partial charge in [0, 0.05) is 40.8 Å². The number of para-hydroxylation sites is 1. The summed E-state index contributed by atoms with van der Waals surface area (Å²) in [5, 5.41) is 10.4. The van der Waals surface area contributed by atoms with E-state index in [2.05, 4.69) is 46.1 Å². The van der Waals surface area contributed by atoms with E-state index < -0.39 is 12.1 Å². The Morgan fingerprint density at radius 2 is 1.61 bits per heavy atom. The van der Waals surface area contributed by atoms with Crippen molar-refractivity contribution < 1.29 is 23.1 Å². The lowest BCUT2D eigenvalue weighted by molar-refractivity contribution is -0.192. The number of halogens is 3. The van der Waals surface area contributed by atoms with Crippen LogP contribution in [0.3, 0.4) is 0 Å². The minimum absolute atomic E-state index is 0.143. The third-order valence-electron chi connectivity index (χ3n) is 5.69. The van der Waals surface area contributed by atoms with Crippen LogP contribution in [0.5, 0.6) is 0 Å². The summed E-state index contributed by atoms with van der Waals surface area (Å²) < 4.78 is 35.7. The van der Waals surface area contributed by atoms with Crippen molar-refractivity contribution in [2.75, 3.05) is 6.54 Å². The molecule has 3 aromatic carbocycles. The molecule has 0 saturated heterocycles. The molecule has 2 heterocycles. The van der Waals surface area contributed by atoms with E-state index in [1.165, 1.54) is 0 Å². The molecule has 0 aliphatic rings. The molecule has 0 bridgehead atoms. The number of fused-ring (bicyclic) bond motifs is 2. The highest BCUT2D eigenvalue weighted by Crippen LogP contribution is 2.32. The van der Waals surface area contributed by atoms with Crippen LogP contribution in [-0.4, -0.2) is 37.9 Å². The first kappa shape index (κ1) is 24.8. The van der Waals surface area contributed by atoms with Crippen LogP contribution >= 0.6 is 0 Å². The van der Waals surface area contributed by atoms with Gasteiger partial charge in [0.25, 0.3) is 0 Å². The predicted molar refractivity (Wildman–Crippen MR) is 132 cm³/mol. The molecule has 7 nitrogen and oxygen atoms in total. The summed E-state index contributed by atoms with van der Waals surface area (Å²) in [4.78, 5) is 24.6. The first-order chi connectivity index (χ1) is 17.2. The number of nitrogens with one attached hydrogen (secondary N) is 1. The fraction of sp³-hybridized carbons (Fsp3) is 0.154. The zero-order valence-electron chi connectivity index (χ0n) is 19.0. The van der Waals surface area contributed by atoms with E-state index in [4.69, 9.17) is 15.6 Å². The number of benzene rings is 3. The Balaban J connectivity index is 0.000000384. The van der Waals surface area contributed by atoms with Crippen molar-refractivity contribution in [3.63, 3.8) is 0 Å². The number of carbonyl (C=O) groups is 1. The average molecular weight is 496 g/mol. The lowest BCUT2D eigenvalue weighted by Crippen LogP contribution is -2.21. The van der Waals surface area contributed by atoms with Crippen molar-refractivity contribution in [1.82, 2.24) is 14.1 Å². The standard InChI is InChI=1S/C24H22N4O.C2HF3O2/c25-13-6-14-27-16-20(19-10-3-4-11-21(19)27)23-15-26-24(29)28(23)22-12-5-8-17-7-1-2-9-18(17)22;3-2(4,5)1(6)7/h1-5,7-12,15-16H,6,13-14,25H2,(H,26,29);(H,6,7). The Labute approximate surface area is 203 Å². The van der Waals surface area contributed by atoms with E-state index in [9.17, 15) is 18.0 Å². The molecule has 0 radical (unpaired) electrons. The number of carboxylic acids is 1. The van der Waals surface area contributed by atoms with E-state index in [-0.39, 0.29) is 5.69 Å². The zero-order valence-corrected chi connectivity index (χ0v) is 19.0. The van der Waals surface area contributed by atoms with Crippen LogP contribution in [0.15, 0.2) is 83.9 Å². The molecule has 5 rings (SSSR count). The number of carboxylic acid groups (broad SMARTS) is 1. The van der Waals surface area contributed by atoms with Crippen LogP contribution < -0.4 is 11.4 Å². The number of hydrogen-bond donors (Lipinski definition) is 3. The highest BCUT2D eigenvalue weighted by atomic mass is 19.4. The van der Waals surface area contributed by atoms with Crippen molar-refractivity contribution in [2.45, 2.75) is 19.1 Å². The Morgan fingerprint density at radius 3 is 2.31 bits per heavy atom. The molecule has 4 N–H and O–H groups in total. The molecule has 0 aliphatic heterocycles. The molecule has 0 spiro atoms. The van der Waals surface area contributed by atoms with Gasteiger partial charge in [-0.1, -0.05) is 54.6 Å². The van der Waals surface area contributed by atoms with Gasteiger partial charge in [-0.25, -0.2) is 9.59 Å². The molecule has 0 atom stereocenters. The fourth-order valence-corrected chi connectivity index (χ4v) is 4.11. The number of aryl methyl sites for hydroxylation is 1. The van der Waals surface area contributed by atoms with Crippen LogP contribution in [0.2, 0.25) is 0 Å². The van der Waals surface area contributed by atoms with Crippen LogP contribution in [0, 0.1) is 0 Å². The van der Waals surface area contributed by atoms with Gasteiger partial charge >= 0.3 is 17.8 Å². The summed E-state index contributed by atoms with van der Waals surface area (Å²) in [6.07, 6.45) is -0.245. The molecule has 0 aliphatic carbocycles. The largest absolute Gasteiger partial charge is 0.490 e. The van der Waals surface area contributed by atoms with Crippen molar-refractivity contribution in [1.29, 1.82) is 0 Å². The number of nitrogens with zero attached hydrogens (tertiary/aromatic N) is 2. The summed E-state index contributed by atoms with van der Waals surface area (Å²) in [5.74, 6) is -2.76. The maximum absolute atomic E-state index is 12.9. The van der Waals surface area contributed by atoms with Crippen LogP contribution in [0.1, 0.15) is 6.42 Å². The number of imidazole rings is 1. The molecule has 0 amide bonds. The average Bonchev–Trinajstić information content (AvgIpc) is 3.42. The molecule has 0 saturated carbocycles. The van der Waals surface area contributed by atoms with E-state index in [0.29, 0.717) is 6.54 Å². The minimum Gasteiger partial charge on any atom is -0.475 e. The smallest absolute Gasteiger partial charge is 0.475 e. The summed E-state index contributed by atoms with van der Waals surface area (Å²) in [5.41, 5.74) is 9.50. The summed E-state index contributed by atoms with van der Waals surface area (Å²) in [6.45, 7) is 1.49. The Kier molecular flexibility index (Phi) is 6.98. The van der Waals surface area contributed by atoms with E-state index in [1.807, 2.05) is 36.4 Å². The fourth-order valence-electron chi connectivity index (χ4n) is 4.11. The van der Waals surface area contributed by atoms with Crippen molar-refractivity contribution in [2.24, 2.45) is 5.73 Å². The first-order valence-corrected chi connectivity index (χ1v) is 11.1. The third kappa shape index (κ3) is 4.89. The summed E-state index contributed by atoms with van der Waals surface area (Å²) in [7, 11) is 0. The monoisotopic (exact) mass is 496 g/mol. The summed E-state index contributed by atoms with van der Waals surface area (Å²) >= 11 is 0. The van der Waals surface area contributed by atoms with Gasteiger partial charge in [0.2, 0.25) is 0 Å². The Bertz CT molecular complexity index is 1580. The Morgan fingerprint density at radius 1 is 0.972 bits per heavy atom. The second kappa shape index (κ2) is 10.1. The number of aromatic amines is 1. The van der Waals surface area contributed by atoms with Gasteiger partial charge in [0.1, 0.15) is 0 Å². The predicted octanol–water partition coefficient (Wildman–Crippen LogP) is 4.92. The molecule has 10 heteroatoms. The normalized spacial score (nSPS) is 11.4. The number of nitrogens with two attached hydrogens (primary N) is 1. The minimum atomic E-state index is -5.08. The van der Waals surface area contributed by atoms with Gasteiger partial charge in [-0.15, -0.1) is 0 Å². The van der Waals surface area contributed by atoms with Crippen molar-refractivity contribution in [3.8, 4) is 16.9 Å². The van der Waals surface area contributed by atoms with Crippen molar-refractivity contribution in [3.05, 3.63) is 89.6 Å². The number of rotatable bonds is 5. The van der Waals surface area contributed by atoms with Gasteiger partial charge in [-0.05, 0) is 30.5 Å². The Hall–Kier alpha value is -4.31. The number of alkyl halides is 3. The van der Waals surface area contributed by atoms with Crippen LogP contribution in [0.4, 0.5) is 13.2 Å². The van der Waals surface area contributed by atoms with E-state index in [0.717, 1.165) is 51.6 Å². The maximum atomic E-state index is 12.9. The van der Waals surface area contributed by atoms with Gasteiger partial charge in [-0.3, -0.25) is 4.57 Å². The zero-order chi connectivity index (χ0) is 25.9. The van der Waals surface area contributed by atoms with Crippen molar-refractivity contribution >= 4 is 27.6 Å².